The van der Waals surface area contributed by atoms with Crippen LogP contribution in [0.5, 0.6) is 0 Å². The molecule has 1 aromatic carbocycles. The van der Waals surface area contributed by atoms with Crippen LogP contribution in [0.25, 0.3) is 0 Å². The van der Waals surface area contributed by atoms with E-state index in [9.17, 15) is 4.79 Å². The van der Waals surface area contributed by atoms with E-state index < -0.39 is 0 Å². The first-order valence-corrected chi connectivity index (χ1v) is 7.04. The van der Waals surface area contributed by atoms with Gasteiger partial charge in [0.2, 0.25) is 5.91 Å². The van der Waals surface area contributed by atoms with Crippen molar-refractivity contribution in [1.82, 2.24) is 15.5 Å². The van der Waals surface area contributed by atoms with E-state index in [1.165, 1.54) is 11.3 Å². The fourth-order valence-corrected chi connectivity index (χ4v) is 2.49. The zero-order valence-corrected chi connectivity index (χ0v) is 12.5. The Morgan fingerprint density at radius 3 is 2.70 bits per heavy atom. The largest absolute Gasteiger partial charge is 0.378 e. The van der Waals surface area contributed by atoms with Crippen LogP contribution in [-0.2, 0) is 11.3 Å². The number of likely N-dealkylation sites (N-methyl/N-ethyl adjacent to an activating group) is 1. The fourth-order valence-electron chi connectivity index (χ4n) is 2.49. The molecule has 5 heteroatoms. The molecule has 1 fully saturated rings. The maximum absolute atomic E-state index is 11.9. The lowest BCUT2D eigenvalue weighted by Gasteiger charge is -2.34. The van der Waals surface area contributed by atoms with Crippen LogP contribution in [0, 0.1) is 0 Å². The van der Waals surface area contributed by atoms with Gasteiger partial charge in [0.15, 0.2) is 0 Å². The van der Waals surface area contributed by atoms with Gasteiger partial charge in [0.25, 0.3) is 0 Å². The summed E-state index contributed by atoms with van der Waals surface area (Å²) in [7, 11) is 5.76. The molecule has 1 aliphatic heterocycles. The molecule has 0 aromatic heterocycles. The summed E-state index contributed by atoms with van der Waals surface area (Å²) in [6, 6.07) is 8.43. The molecule has 1 atom stereocenters. The van der Waals surface area contributed by atoms with Crippen LogP contribution in [0.3, 0.4) is 0 Å². The zero-order valence-electron chi connectivity index (χ0n) is 12.5. The Kier molecular flexibility index (Phi) is 4.98. The second-order valence-corrected chi connectivity index (χ2v) is 5.37. The van der Waals surface area contributed by atoms with Crippen LogP contribution in [0.1, 0.15) is 5.56 Å². The molecule has 1 aliphatic rings. The minimum Gasteiger partial charge on any atom is -0.378 e. The van der Waals surface area contributed by atoms with Crippen molar-refractivity contribution in [1.29, 1.82) is 0 Å². The molecule has 20 heavy (non-hydrogen) atoms. The monoisotopic (exact) mass is 276 g/mol. The van der Waals surface area contributed by atoms with Crippen LogP contribution in [0.15, 0.2) is 24.3 Å². The van der Waals surface area contributed by atoms with Gasteiger partial charge in [-0.1, -0.05) is 12.1 Å². The van der Waals surface area contributed by atoms with Gasteiger partial charge in [-0.2, -0.15) is 0 Å². The van der Waals surface area contributed by atoms with Crippen LogP contribution in [0.4, 0.5) is 5.69 Å². The van der Waals surface area contributed by atoms with E-state index in [-0.39, 0.29) is 11.9 Å². The summed E-state index contributed by atoms with van der Waals surface area (Å²) in [5.74, 6) is 0.0853. The predicted molar refractivity (Wildman–Crippen MR) is 81.9 cm³/mol. The Balaban J connectivity index is 2.04. The number of nitrogens with zero attached hydrogens (tertiary/aromatic N) is 2. The molecule has 1 saturated heterocycles. The smallest absolute Gasteiger partial charge is 0.238 e. The van der Waals surface area contributed by atoms with Crippen LogP contribution in [0.2, 0.25) is 0 Å². The molecule has 0 radical (unpaired) electrons. The van der Waals surface area contributed by atoms with Crippen molar-refractivity contribution in [2.45, 2.75) is 12.6 Å². The third-order valence-corrected chi connectivity index (χ3v) is 3.74. The van der Waals surface area contributed by atoms with E-state index >= 15 is 0 Å². The molecule has 5 nitrogen and oxygen atoms in total. The average molecular weight is 276 g/mol. The summed E-state index contributed by atoms with van der Waals surface area (Å²) >= 11 is 0. The minimum absolute atomic E-state index is 0.0812. The summed E-state index contributed by atoms with van der Waals surface area (Å²) < 4.78 is 0. The lowest BCUT2D eigenvalue weighted by molar-refractivity contribution is -0.126. The minimum atomic E-state index is -0.0812. The molecule has 1 amide bonds. The van der Waals surface area contributed by atoms with Crippen molar-refractivity contribution in [3.8, 4) is 0 Å². The number of anilines is 1. The van der Waals surface area contributed by atoms with Crippen LogP contribution < -0.4 is 15.5 Å². The number of hydrogen-bond donors (Lipinski definition) is 2. The third kappa shape index (κ3) is 3.49. The molecule has 0 aliphatic carbocycles. The van der Waals surface area contributed by atoms with Crippen molar-refractivity contribution in [2.75, 3.05) is 45.7 Å². The molecule has 0 saturated carbocycles. The molecule has 1 unspecified atom stereocenters. The molecule has 1 heterocycles. The van der Waals surface area contributed by atoms with E-state index in [2.05, 4.69) is 44.7 Å². The van der Waals surface area contributed by atoms with E-state index in [1.807, 2.05) is 14.1 Å². The highest BCUT2D eigenvalue weighted by Gasteiger charge is 2.27. The summed E-state index contributed by atoms with van der Waals surface area (Å²) in [6.45, 7) is 3.36. The lowest BCUT2D eigenvalue weighted by Crippen LogP contribution is -2.56. The highest BCUT2D eigenvalue weighted by atomic mass is 16.2. The van der Waals surface area contributed by atoms with Gasteiger partial charge >= 0.3 is 0 Å². The predicted octanol–water partition coefficient (Wildman–Crippen LogP) is 0.272. The van der Waals surface area contributed by atoms with Crippen molar-refractivity contribution >= 4 is 11.6 Å². The number of piperazine rings is 1. The summed E-state index contributed by atoms with van der Waals surface area (Å²) in [4.78, 5) is 16.2. The second kappa shape index (κ2) is 6.72. The van der Waals surface area contributed by atoms with E-state index in [1.54, 1.807) is 7.05 Å². The van der Waals surface area contributed by atoms with Gasteiger partial charge in [0.05, 0.1) is 0 Å². The van der Waals surface area contributed by atoms with E-state index in [0.29, 0.717) is 0 Å². The molecular formula is C15H24N4O. The van der Waals surface area contributed by atoms with Gasteiger partial charge < -0.3 is 15.5 Å². The molecule has 1 aromatic rings. The highest BCUT2D eigenvalue weighted by molar-refractivity contribution is 5.81. The van der Waals surface area contributed by atoms with Crippen molar-refractivity contribution in [3.63, 3.8) is 0 Å². The maximum atomic E-state index is 11.9. The Morgan fingerprint density at radius 2 is 2.10 bits per heavy atom. The first kappa shape index (κ1) is 14.8. The summed E-state index contributed by atoms with van der Waals surface area (Å²) in [5.41, 5.74) is 2.43. The van der Waals surface area contributed by atoms with Gasteiger partial charge in [-0.05, 0) is 17.7 Å². The van der Waals surface area contributed by atoms with E-state index in [0.717, 1.165) is 26.2 Å². The Hall–Kier alpha value is -1.59. The Labute approximate surface area is 120 Å². The summed E-state index contributed by atoms with van der Waals surface area (Å²) in [6.07, 6.45) is 0. The molecule has 110 valence electrons. The molecular weight excluding hydrogens is 252 g/mol. The number of rotatable bonds is 4. The van der Waals surface area contributed by atoms with Gasteiger partial charge in [0.1, 0.15) is 6.04 Å². The number of hydrogen-bond acceptors (Lipinski definition) is 4. The van der Waals surface area contributed by atoms with Gasteiger partial charge in [-0.3, -0.25) is 9.69 Å². The van der Waals surface area contributed by atoms with Crippen LogP contribution in [-0.4, -0.2) is 57.6 Å². The second-order valence-electron chi connectivity index (χ2n) is 5.37. The standard InChI is InChI=1S/C15H24N4O/c1-16-15(20)14-10-17-8-9-19(14)11-12-4-6-13(7-5-12)18(2)3/h4-7,14,17H,8-11H2,1-3H3,(H,16,20). The number of carbonyl (C=O) groups excluding carboxylic acids is 1. The average Bonchev–Trinajstić information content (AvgIpc) is 2.47. The zero-order chi connectivity index (χ0) is 14.5. The van der Waals surface area contributed by atoms with Crippen molar-refractivity contribution in [2.24, 2.45) is 0 Å². The normalized spacial score (nSPS) is 19.6. The maximum Gasteiger partial charge on any atom is 0.238 e. The first-order valence-electron chi connectivity index (χ1n) is 7.04. The van der Waals surface area contributed by atoms with Gasteiger partial charge in [-0.25, -0.2) is 0 Å². The fraction of sp³-hybridized carbons (Fsp3) is 0.533. The quantitative estimate of drug-likeness (QED) is 0.829. The summed E-state index contributed by atoms with van der Waals surface area (Å²) in [5, 5.41) is 6.03. The van der Waals surface area contributed by atoms with E-state index in [4.69, 9.17) is 0 Å². The number of nitrogens with one attached hydrogen (secondary N) is 2. The lowest BCUT2D eigenvalue weighted by atomic mass is 10.1. The van der Waals surface area contributed by atoms with Crippen molar-refractivity contribution in [3.05, 3.63) is 29.8 Å². The van der Waals surface area contributed by atoms with Crippen molar-refractivity contribution < 1.29 is 4.79 Å². The molecule has 2 rings (SSSR count). The highest BCUT2D eigenvalue weighted by Crippen LogP contribution is 2.15. The topological polar surface area (TPSA) is 47.6 Å². The molecule has 0 bridgehead atoms. The van der Waals surface area contributed by atoms with Crippen LogP contribution >= 0.6 is 0 Å². The SMILES string of the molecule is CNC(=O)C1CNCCN1Cc1ccc(N(C)C)cc1. The number of amides is 1. The Bertz CT molecular complexity index is 444. The number of benzene rings is 1. The van der Waals surface area contributed by atoms with Gasteiger partial charge in [0, 0.05) is 53.0 Å². The number of carbonyl (C=O) groups is 1. The Morgan fingerprint density at radius 1 is 1.40 bits per heavy atom. The third-order valence-electron chi connectivity index (χ3n) is 3.74. The first-order chi connectivity index (χ1) is 9.61. The molecule has 0 spiro atoms. The molecule has 2 N–H and O–H groups in total. The van der Waals surface area contributed by atoms with Gasteiger partial charge in [-0.15, -0.1) is 0 Å².